The van der Waals surface area contributed by atoms with Gasteiger partial charge in [-0.1, -0.05) is 19.3 Å². The summed E-state index contributed by atoms with van der Waals surface area (Å²) >= 11 is 0. The molecule has 0 amide bonds. The highest BCUT2D eigenvalue weighted by Crippen LogP contribution is 2.44. The maximum Gasteiger partial charge on any atom is 0.123 e. The van der Waals surface area contributed by atoms with E-state index in [2.05, 4.69) is 5.32 Å². The summed E-state index contributed by atoms with van der Waals surface area (Å²) in [5.41, 5.74) is 0.344. The lowest BCUT2D eigenvalue weighted by Gasteiger charge is -2.49. The van der Waals surface area contributed by atoms with Crippen LogP contribution in [0.25, 0.3) is 0 Å². The van der Waals surface area contributed by atoms with Gasteiger partial charge in [-0.15, -0.1) is 0 Å². The van der Waals surface area contributed by atoms with Crippen molar-refractivity contribution in [1.82, 2.24) is 0 Å². The molecule has 0 aliphatic heterocycles. The Balaban J connectivity index is 1.77. The third kappa shape index (κ3) is 2.48. The van der Waals surface area contributed by atoms with Gasteiger partial charge in [-0.2, -0.15) is 0 Å². The first-order valence-corrected chi connectivity index (χ1v) is 7.43. The van der Waals surface area contributed by atoms with Crippen molar-refractivity contribution in [2.45, 2.75) is 56.6 Å². The largest absolute Gasteiger partial charge is 0.387 e. The van der Waals surface area contributed by atoms with Crippen molar-refractivity contribution in [3.8, 4) is 0 Å². The molecule has 2 saturated carbocycles. The van der Waals surface area contributed by atoms with Gasteiger partial charge in [0.15, 0.2) is 0 Å². The summed E-state index contributed by atoms with van der Waals surface area (Å²) < 4.78 is 12.9. The normalized spacial score (nSPS) is 34.6. The van der Waals surface area contributed by atoms with Crippen LogP contribution in [-0.4, -0.2) is 16.7 Å². The minimum absolute atomic E-state index is 0.108. The van der Waals surface area contributed by atoms with E-state index in [1.54, 1.807) is 12.1 Å². The van der Waals surface area contributed by atoms with Crippen molar-refractivity contribution < 1.29 is 9.50 Å². The summed E-state index contributed by atoms with van der Waals surface area (Å²) in [5, 5.41) is 14.5. The van der Waals surface area contributed by atoms with E-state index in [9.17, 15) is 9.50 Å². The number of benzene rings is 1. The number of fused-ring (bicyclic) bond motifs is 1. The molecule has 3 atom stereocenters. The first-order valence-electron chi connectivity index (χ1n) is 7.43. The van der Waals surface area contributed by atoms with Crippen LogP contribution in [0.15, 0.2) is 24.3 Å². The summed E-state index contributed by atoms with van der Waals surface area (Å²) in [6, 6.07) is 6.55. The summed E-state index contributed by atoms with van der Waals surface area (Å²) in [4.78, 5) is 0. The summed E-state index contributed by atoms with van der Waals surface area (Å²) in [6.45, 7) is 0. The lowest BCUT2D eigenvalue weighted by Crippen LogP contribution is -2.56. The first kappa shape index (κ1) is 12.9. The van der Waals surface area contributed by atoms with Gasteiger partial charge in [-0.3, -0.25) is 0 Å². The van der Waals surface area contributed by atoms with E-state index in [1.165, 1.54) is 25.0 Å². The lowest BCUT2D eigenvalue weighted by molar-refractivity contribution is -0.0835. The van der Waals surface area contributed by atoms with Gasteiger partial charge >= 0.3 is 0 Å². The van der Waals surface area contributed by atoms with Gasteiger partial charge in [0.1, 0.15) is 5.82 Å². The topological polar surface area (TPSA) is 32.3 Å². The van der Waals surface area contributed by atoms with E-state index < -0.39 is 5.60 Å². The molecule has 2 N–H and O–H groups in total. The highest BCUT2D eigenvalue weighted by atomic mass is 19.1. The van der Waals surface area contributed by atoms with Crippen LogP contribution in [0.5, 0.6) is 0 Å². The summed E-state index contributed by atoms with van der Waals surface area (Å²) in [5.74, 6) is 0.219. The third-order valence-corrected chi connectivity index (χ3v) is 4.92. The van der Waals surface area contributed by atoms with Crippen molar-refractivity contribution in [1.29, 1.82) is 0 Å². The number of anilines is 1. The minimum Gasteiger partial charge on any atom is -0.387 e. The van der Waals surface area contributed by atoms with E-state index in [0.29, 0.717) is 5.92 Å². The molecule has 104 valence electrons. The monoisotopic (exact) mass is 263 g/mol. The second-order valence-corrected chi connectivity index (χ2v) is 6.07. The van der Waals surface area contributed by atoms with Crippen LogP contribution in [-0.2, 0) is 0 Å². The zero-order chi connectivity index (χ0) is 13.3. The van der Waals surface area contributed by atoms with Crippen molar-refractivity contribution in [2.75, 3.05) is 5.32 Å². The Morgan fingerprint density at radius 1 is 1.05 bits per heavy atom. The van der Waals surface area contributed by atoms with Crippen LogP contribution in [0.3, 0.4) is 0 Å². The van der Waals surface area contributed by atoms with E-state index >= 15 is 0 Å². The predicted octanol–water partition coefficient (Wildman–Crippen LogP) is 3.71. The van der Waals surface area contributed by atoms with Gasteiger partial charge in [-0.05, 0) is 55.9 Å². The Morgan fingerprint density at radius 3 is 2.58 bits per heavy atom. The number of nitrogens with one attached hydrogen (secondary N) is 1. The maximum absolute atomic E-state index is 12.9. The fraction of sp³-hybridized carbons (Fsp3) is 0.625. The van der Waals surface area contributed by atoms with E-state index in [-0.39, 0.29) is 11.9 Å². The molecule has 2 nitrogen and oxygen atoms in total. The predicted molar refractivity (Wildman–Crippen MR) is 74.6 cm³/mol. The average Bonchev–Trinajstić information content (AvgIpc) is 2.42. The molecule has 3 heteroatoms. The van der Waals surface area contributed by atoms with Crippen LogP contribution in [0.2, 0.25) is 0 Å². The molecule has 19 heavy (non-hydrogen) atoms. The van der Waals surface area contributed by atoms with Gasteiger partial charge in [0.25, 0.3) is 0 Å². The van der Waals surface area contributed by atoms with E-state index in [4.69, 9.17) is 0 Å². The maximum atomic E-state index is 12.9. The molecule has 0 heterocycles. The molecule has 3 unspecified atom stereocenters. The molecule has 1 aromatic rings. The molecule has 0 spiro atoms. The van der Waals surface area contributed by atoms with Crippen molar-refractivity contribution in [3.05, 3.63) is 30.1 Å². The Hall–Kier alpha value is -1.09. The fourth-order valence-electron chi connectivity index (χ4n) is 3.87. The molecule has 0 bridgehead atoms. The Labute approximate surface area is 114 Å². The molecule has 1 aromatic carbocycles. The smallest absolute Gasteiger partial charge is 0.123 e. The van der Waals surface area contributed by atoms with Crippen LogP contribution in [0.1, 0.15) is 44.9 Å². The molecule has 0 aromatic heterocycles. The highest BCUT2D eigenvalue weighted by Gasteiger charge is 2.47. The highest BCUT2D eigenvalue weighted by molar-refractivity contribution is 5.44. The van der Waals surface area contributed by atoms with Crippen LogP contribution in [0.4, 0.5) is 10.1 Å². The molecule has 2 aliphatic rings. The quantitative estimate of drug-likeness (QED) is 0.852. The standard InChI is InChI=1S/C16H22FNO/c17-13-7-9-14(10-8-13)18-15-6-3-5-12-4-1-2-11-16(12,15)19/h7-10,12,15,18-19H,1-6,11H2. The van der Waals surface area contributed by atoms with Gasteiger partial charge in [0.2, 0.25) is 0 Å². The van der Waals surface area contributed by atoms with Gasteiger partial charge in [-0.25, -0.2) is 4.39 Å². The molecule has 2 aliphatic carbocycles. The third-order valence-electron chi connectivity index (χ3n) is 4.92. The number of aliphatic hydroxyl groups is 1. The van der Waals surface area contributed by atoms with Crippen LogP contribution >= 0.6 is 0 Å². The van der Waals surface area contributed by atoms with Gasteiger partial charge < -0.3 is 10.4 Å². The number of hydrogen-bond acceptors (Lipinski definition) is 2. The summed E-state index contributed by atoms with van der Waals surface area (Å²) in [6.07, 6.45) is 7.74. The number of rotatable bonds is 2. The second kappa shape index (κ2) is 5.12. The molecular formula is C16H22FNO. The summed E-state index contributed by atoms with van der Waals surface area (Å²) in [7, 11) is 0. The van der Waals surface area contributed by atoms with E-state index in [1.807, 2.05) is 0 Å². The van der Waals surface area contributed by atoms with Crippen molar-refractivity contribution in [2.24, 2.45) is 5.92 Å². The molecule has 0 radical (unpaired) electrons. The van der Waals surface area contributed by atoms with Crippen molar-refractivity contribution >= 4 is 5.69 Å². The van der Waals surface area contributed by atoms with Crippen LogP contribution < -0.4 is 5.32 Å². The number of hydrogen-bond donors (Lipinski definition) is 2. The Bertz CT molecular complexity index is 431. The van der Waals surface area contributed by atoms with Gasteiger partial charge in [0.05, 0.1) is 11.6 Å². The number of halogens is 1. The fourth-order valence-corrected chi connectivity index (χ4v) is 3.87. The lowest BCUT2D eigenvalue weighted by atomic mass is 9.65. The molecule has 0 saturated heterocycles. The zero-order valence-electron chi connectivity index (χ0n) is 11.2. The SMILES string of the molecule is OC12CCCCC1CCCC2Nc1ccc(F)cc1. The zero-order valence-corrected chi connectivity index (χ0v) is 11.2. The second-order valence-electron chi connectivity index (χ2n) is 6.07. The molecule has 2 fully saturated rings. The molecular weight excluding hydrogens is 241 g/mol. The Morgan fingerprint density at radius 2 is 1.79 bits per heavy atom. The molecule has 3 rings (SSSR count). The van der Waals surface area contributed by atoms with Crippen LogP contribution in [0, 0.1) is 11.7 Å². The Kier molecular flexibility index (Phi) is 3.48. The minimum atomic E-state index is -0.565. The van der Waals surface area contributed by atoms with E-state index in [0.717, 1.165) is 37.8 Å². The average molecular weight is 263 g/mol. The van der Waals surface area contributed by atoms with Crippen molar-refractivity contribution in [3.63, 3.8) is 0 Å². The first-order chi connectivity index (χ1) is 9.18. The van der Waals surface area contributed by atoms with Gasteiger partial charge in [0, 0.05) is 5.69 Å².